The summed E-state index contributed by atoms with van der Waals surface area (Å²) in [4.78, 5) is 25.1. The van der Waals surface area contributed by atoms with E-state index in [-0.39, 0.29) is 24.2 Å². The van der Waals surface area contributed by atoms with Gasteiger partial charge in [0.25, 0.3) is 0 Å². The van der Waals surface area contributed by atoms with Crippen LogP contribution in [0.2, 0.25) is 0 Å². The molecule has 1 aliphatic heterocycles. The van der Waals surface area contributed by atoms with E-state index in [1.807, 2.05) is 44.2 Å². The van der Waals surface area contributed by atoms with Gasteiger partial charge in [-0.25, -0.2) is 0 Å². The largest absolute Gasteiger partial charge is 0.486 e. The van der Waals surface area contributed by atoms with Gasteiger partial charge in [-0.05, 0) is 23.6 Å². The molecule has 0 fully saturated rings. The predicted molar refractivity (Wildman–Crippen MR) is 103 cm³/mol. The van der Waals surface area contributed by atoms with Crippen LogP contribution in [0.25, 0.3) is 0 Å². The molecule has 0 unspecified atom stereocenters. The number of anilines is 1. The van der Waals surface area contributed by atoms with E-state index in [1.165, 1.54) is 0 Å². The molecule has 3 rings (SSSR count). The van der Waals surface area contributed by atoms with E-state index in [0.717, 1.165) is 5.56 Å². The summed E-state index contributed by atoms with van der Waals surface area (Å²) in [6.07, 6.45) is 0.237. The summed E-state index contributed by atoms with van der Waals surface area (Å²) in [6, 6.07) is 14.1. The van der Waals surface area contributed by atoms with Gasteiger partial charge in [0.15, 0.2) is 11.5 Å². The van der Waals surface area contributed by atoms with Crippen LogP contribution in [0.1, 0.15) is 19.4 Å². The molecule has 0 spiro atoms. The third kappa shape index (κ3) is 5.00. The van der Waals surface area contributed by atoms with Crippen LogP contribution in [-0.4, -0.2) is 31.1 Å². The van der Waals surface area contributed by atoms with Crippen LogP contribution in [0.15, 0.2) is 48.5 Å². The Kier molecular flexibility index (Phi) is 5.96. The maximum Gasteiger partial charge on any atom is 0.247 e. The maximum absolute atomic E-state index is 12.7. The van der Waals surface area contributed by atoms with Crippen LogP contribution in [-0.2, 0) is 16.0 Å². The Bertz CT molecular complexity index is 805. The van der Waals surface area contributed by atoms with E-state index in [1.54, 1.807) is 18.2 Å². The Labute approximate surface area is 158 Å². The summed E-state index contributed by atoms with van der Waals surface area (Å²) >= 11 is 0. The first kappa shape index (κ1) is 18.8. The van der Waals surface area contributed by atoms with Crippen molar-refractivity contribution in [3.05, 3.63) is 54.1 Å². The van der Waals surface area contributed by atoms with Crippen molar-refractivity contribution in [2.24, 2.45) is 5.92 Å². The lowest BCUT2D eigenvalue weighted by Gasteiger charge is -2.23. The summed E-state index contributed by atoms with van der Waals surface area (Å²) in [5.74, 6) is 0.770. The Balaban J connectivity index is 1.64. The van der Waals surface area contributed by atoms with Crippen LogP contribution in [0.5, 0.6) is 11.5 Å². The summed E-state index contributed by atoms with van der Waals surface area (Å²) in [7, 11) is 0. The highest BCUT2D eigenvalue weighted by atomic mass is 16.6. The van der Waals surface area contributed by atoms with E-state index >= 15 is 0 Å². The predicted octanol–water partition coefficient (Wildman–Crippen LogP) is 2.78. The third-order valence-corrected chi connectivity index (χ3v) is 4.28. The van der Waals surface area contributed by atoms with Crippen molar-refractivity contribution < 1.29 is 19.1 Å². The van der Waals surface area contributed by atoms with Crippen LogP contribution in [0.4, 0.5) is 5.69 Å². The minimum atomic E-state index is -0.630. The lowest BCUT2D eigenvalue weighted by molar-refractivity contribution is -0.127. The quantitative estimate of drug-likeness (QED) is 0.822. The molecule has 1 aliphatic rings. The Hall–Kier alpha value is -3.02. The van der Waals surface area contributed by atoms with Gasteiger partial charge in [0.05, 0.1) is 6.42 Å². The van der Waals surface area contributed by atoms with E-state index in [2.05, 4.69) is 10.6 Å². The summed E-state index contributed by atoms with van der Waals surface area (Å²) in [6.45, 7) is 4.80. The molecule has 0 radical (unpaired) electrons. The number of hydrogen-bond donors (Lipinski definition) is 2. The van der Waals surface area contributed by atoms with Crippen molar-refractivity contribution in [3.8, 4) is 11.5 Å². The van der Waals surface area contributed by atoms with Gasteiger partial charge in [-0.15, -0.1) is 0 Å². The van der Waals surface area contributed by atoms with Crippen LogP contribution in [0, 0.1) is 5.92 Å². The van der Waals surface area contributed by atoms with E-state index < -0.39 is 6.04 Å². The number of carbonyl (C=O) groups is 2. The normalized spacial score (nSPS) is 13.7. The molecule has 2 aromatic carbocycles. The number of ether oxygens (including phenoxy) is 2. The highest BCUT2D eigenvalue weighted by Crippen LogP contribution is 2.32. The van der Waals surface area contributed by atoms with Crippen molar-refractivity contribution in [2.75, 3.05) is 18.5 Å². The van der Waals surface area contributed by atoms with Gasteiger partial charge in [-0.1, -0.05) is 44.2 Å². The number of rotatable bonds is 6. The Morgan fingerprint density at radius 1 is 1.00 bits per heavy atom. The molecule has 0 aromatic heterocycles. The molecule has 6 nitrogen and oxygen atoms in total. The van der Waals surface area contributed by atoms with Crippen LogP contribution in [0.3, 0.4) is 0 Å². The van der Waals surface area contributed by atoms with Crippen molar-refractivity contribution in [3.63, 3.8) is 0 Å². The zero-order valence-electron chi connectivity index (χ0n) is 15.5. The van der Waals surface area contributed by atoms with Crippen molar-refractivity contribution in [1.82, 2.24) is 5.32 Å². The lowest BCUT2D eigenvalue weighted by atomic mass is 10.0. The zero-order valence-corrected chi connectivity index (χ0v) is 15.5. The van der Waals surface area contributed by atoms with Crippen molar-refractivity contribution in [2.45, 2.75) is 26.3 Å². The first-order valence-corrected chi connectivity index (χ1v) is 9.07. The standard InChI is InChI=1S/C21H24N2O4/c1-14(2)20(23-19(24)12-15-6-4-3-5-7-15)21(25)22-16-8-9-17-18(13-16)27-11-10-26-17/h3-9,13-14,20H,10-12H2,1-2H3,(H,22,25)(H,23,24)/t20-/m0/s1. The number of benzene rings is 2. The molecular weight excluding hydrogens is 344 g/mol. The van der Waals surface area contributed by atoms with Gasteiger partial charge in [0, 0.05) is 11.8 Å². The fourth-order valence-electron chi connectivity index (χ4n) is 2.88. The van der Waals surface area contributed by atoms with E-state index in [4.69, 9.17) is 9.47 Å². The second kappa shape index (κ2) is 8.58. The third-order valence-electron chi connectivity index (χ3n) is 4.28. The monoisotopic (exact) mass is 368 g/mol. The molecule has 0 bridgehead atoms. The van der Waals surface area contributed by atoms with Gasteiger partial charge >= 0.3 is 0 Å². The average molecular weight is 368 g/mol. The van der Waals surface area contributed by atoms with Gasteiger partial charge in [-0.2, -0.15) is 0 Å². The number of nitrogens with one attached hydrogen (secondary N) is 2. The molecule has 1 atom stereocenters. The van der Waals surface area contributed by atoms with Crippen LogP contribution >= 0.6 is 0 Å². The molecule has 0 aliphatic carbocycles. The number of amides is 2. The summed E-state index contributed by atoms with van der Waals surface area (Å²) in [5, 5.41) is 5.69. The molecule has 1 heterocycles. The van der Waals surface area contributed by atoms with Gasteiger partial charge < -0.3 is 20.1 Å². The van der Waals surface area contributed by atoms with Crippen molar-refractivity contribution in [1.29, 1.82) is 0 Å². The lowest BCUT2D eigenvalue weighted by Crippen LogP contribution is -2.47. The van der Waals surface area contributed by atoms with Crippen LogP contribution < -0.4 is 20.1 Å². The van der Waals surface area contributed by atoms with Crippen molar-refractivity contribution >= 4 is 17.5 Å². The first-order valence-electron chi connectivity index (χ1n) is 9.07. The number of fused-ring (bicyclic) bond motifs is 1. The second-order valence-corrected chi connectivity index (χ2v) is 6.80. The van der Waals surface area contributed by atoms with E-state index in [9.17, 15) is 9.59 Å². The summed E-state index contributed by atoms with van der Waals surface area (Å²) in [5.41, 5.74) is 1.51. The average Bonchev–Trinajstić information content (AvgIpc) is 2.66. The minimum absolute atomic E-state index is 0.0538. The number of hydrogen-bond acceptors (Lipinski definition) is 4. The highest BCUT2D eigenvalue weighted by molar-refractivity contribution is 5.97. The molecule has 142 valence electrons. The Morgan fingerprint density at radius 3 is 2.41 bits per heavy atom. The fraction of sp³-hybridized carbons (Fsp3) is 0.333. The fourth-order valence-corrected chi connectivity index (χ4v) is 2.88. The SMILES string of the molecule is CC(C)[C@H](NC(=O)Cc1ccccc1)C(=O)Nc1ccc2c(c1)OCCO2. The van der Waals surface area contributed by atoms with E-state index in [0.29, 0.717) is 30.4 Å². The Morgan fingerprint density at radius 2 is 1.70 bits per heavy atom. The first-order chi connectivity index (χ1) is 13.0. The molecular formula is C21H24N2O4. The zero-order chi connectivity index (χ0) is 19.2. The molecule has 2 aromatic rings. The van der Waals surface area contributed by atoms with Gasteiger partial charge in [-0.3, -0.25) is 9.59 Å². The van der Waals surface area contributed by atoms with Gasteiger partial charge in [0.1, 0.15) is 19.3 Å². The topological polar surface area (TPSA) is 76.7 Å². The second-order valence-electron chi connectivity index (χ2n) is 6.80. The number of carbonyl (C=O) groups excluding carboxylic acids is 2. The minimum Gasteiger partial charge on any atom is -0.486 e. The highest BCUT2D eigenvalue weighted by Gasteiger charge is 2.25. The van der Waals surface area contributed by atoms with Gasteiger partial charge in [0.2, 0.25) is 11.8 Å². The maximum atomic E-state index is 12.7. The molecule has 0 saturated carbocycles. The molecule has 6 heteroatoms. The molecule has 27 heavy (non-hydrogen) atoms. The molecule has 2 N–H and O–H groups in total. The molecule has 0 saturated heterocycles. The smallest absolute Gasteiger partial charge is 0.247 e. The molecule has 2 amide bonds. The summed E-state index contributed by atoms with van der Waals surface area (Å²) < 4.78 is 11.0.